The third-order valence-corrected chi connectivity index (χ3v) is 6.41. The van der Waals surface area contributed by atoms with Gasteiger partial charge in [0.1, 0.15) is 12.4 Å². The molecule has 0 radical (unpaired) electrons. The van der Waals surface area contributed by atoms with Gasteiger partial charge in [-0.05, 0) is 43.7 Å². The van der Waals surface area contributed by atoms with Gasteiger partial charge in [0, 0.05) is 62.7 Å². The summed E-state index contributed by atoms with van der Waals surface area (Å²) in [7, 11) is 0. The first-order chi connectivity index (χ1) is 15.2. The third kappa shape index (κ3) is 4.22. The molecule has 1 aromatic carbocycles. The van der Waals surface area contributed by atoms with Gasteiger partial charge >= 0.3 is 0 Å². The Morgan fingerprint density at radius 1 is 0.903 bits per heavy atom. The monoisotopic (exact) mass is 418 g/mol. The summed E-state index contributed by atoms with van der Waals surface area (Å²) in [5.41, 5.74) is 2.11. The van der Waals surface area contributed by atoms with Gasteiger partial charge < -0.3 is 19.3 Å². The molecule has 0 saturated carbocycles. The fourth-order valence-electron chi connectivity index (χ4n) is 4.64. The SMILES string of the molecule is Cc1cc(N2CCCCC2)nc(N2CCN(C(=O)Cn3ccc4ccccc43)CC2)n1. The first-order valence-electron chi connectivity index (χ1n) is 11.3. The maximum absolute atomic E-state index is 12.9. The lowest BCUT2D eigenvalue weighted by molar-refractivity contribution is -0.132. The fraction of sp³-hybridized carbons (Fsp3) is 0.458. The first-order valence-corrected chi connectivity index (χ1v) is 11.3. The Hall–Kier alpha value is -3.09. The Labute approximate surface area is 183 Å². The lowest BCUT2D eigenvalue weighted by Gasteiger charge is -2.35. The average molecular weight is 419 g/mol. The smallest absolute Gasteiger partial charge is 0.242 e. The molecule has 1 amide bonds. The first kappa shape index (κ1) is 19.8. The minimum atomic E-state index is 0.167. The molecule has 0 spiro atoms. The molecule has 0 unspecified atom stereocenters. The fourth-order valence-corrected chi connectivity index (χ4v) is 4.64. The van der Waals surface area contributed by atoms with Gasteiger partial charge in [-0.1, -0.05) is 18.2 Å². The van der Waals surface area contributed by atoms with Gasteiger partial charge in [0.2, 0.25) is 11.9 Å². The van der Waals surface area contributed by atoms with E-state index < -0.39 is 0 Å². The highest BCUT2D eigenvalue weighted by atomic mass is 16.2. The number of carbonyl (C=O) groups is 1. The molecule has 0 bridgehead atoms. The van der Waals surface area contributed by atoms with Crippen LogP contribution in [0.1, 0.15) is 25.0 Å². The normalized spacial score (nSPS) is 17.4. The van der Waals surface area contributed by atoms with Gasteiger partial charge in [-0.3, -0.25) is 4.79 Å². The van der Waals surface area contributed by atoms with Crippen molar-refractivity contribution in [2.75, 3.05) is 49.1 Å². The average Bonchev–Trinajstić information content (AvgIpc) is 3.22. The van der Waals surface area contributed by atoms with Gasteiger partial charge in [0.25, 0.3) is 0 Å². The molecule has 2 aliphatic heterocycles. The summed E-state index contributed by atoms with van der Waals surface area (Å²) in [5, 5.41) is 1.17. The van der Waals surface area contributed by atoms with Crippen molar-refractivity contribution in [2.45, 2.75) is 32.7 Å². The second-order valence-electron chi connectivity index (χ2n) is 8.59. The maximum atomic E-state index is 12.9. The van der Waals surface area contributed by atoms with Gasteiger partial charge in [-0.15, -0.1) is 0 Å². The number of para-hydroxylation sites is 1. The Balaban J connectivity index is 1.23. The minimum Gasteiger partial charge on any atom is -0.356 e. The molecule has 0 atom stereocenters. The summed E-state index contributed by atoms with van der Waals surface area (Å²) in [6, 6.07) is 12.3. The predicted molar refractivity (Wildman–Crippen MR) is 124 cm³/mol. The van der Waals surface area contributed by atoms with E-state index in [4.69, 9.17) is 9.97 Å². The van der Waals surface area contributed by atoms with Gasteiger partial charge in [0.15, 0.2) is 0 Å². The number of fused-ring (bicyclic) bond motifs is 1. The number of anilines is 2. The second-order valence-corrected chi connectivity index (χ2v) is 8.59. The van der Waals surface area contributed by atoms with Crippen molar-refractivity contribution < 1.29 is 4.79 Å². The molecule has 31 heavy (non-hydrogen) atoms. The van der Waals surface area contributed by atoms with E-state index in [-0.39, 0.29) is 5.91 Å². The lowest BCUT2D eigenvalue weighted by Crippen LogP contribution is -2.50. The standard InChI is InChI=1S/C24H30N6O/c1-19-17-22(27-10-5-2-6-11-27)26-24(25-19)29-15-13-28(14-16-29)23(31)18-30-12-9-20-7-3-4-8-21(20)30/h3-4,7-9,12,17H,2,5-6,10-11,13-16,18H2,1H3. The van der Waals surface area contributed by atoms with Crippen molar-refractivity contribution >= 4 is 28.6 Å². The number of amides is 1. The van der Waals surface area contributed by atoms with Crippen molar-refractivity contribution in [2.24, 2.45) is 0 Å². The molecule has 2 aliphatic rings. The molecule has 3 aromatic rings. The summed E-state index contributed by atoms with van der Waals surface area (Å²) in [5.74, 6) is 2.00. The van der Waals surface area contributed by atoms with E-state index in [1.807, 2.05) is 34.7 Å². The van der Waals surface area contributed by atoms with Crippen LogP contribution >= 0.6 is 0 Å². The van der Waals surface area contributed by atoms with Crippen LogP contribution in [0.15, 0.2) is 42.6 Å². The van der Waals surface area contributed by atoms with E-state index in [2.05, 4.69) is 34.1 Å². The van der Waals surface area contributed by atoms with Crippen molar-refractivity contribution in [1.82, 2.24) is 19.4 Å². The van der Waals surface area contributed by atoms with Crippen LogP contribution in [0.3, 0.4) is 0 Å². The highest BCUT2D eigenvalue weighted by Crippen LogP contribution is 2.22. The highest BCUT2D eigenvalue weighted by molar-refractivity contribution is 5.83. The Morgan fingerprint density at radius 3 is 2.48 bits per heavy atom. The third-order valence-electron chi connectivity index (χ3n) is 6.41. The van der Waals surface area contributed by atoms with Crippen molar-refractivity contribution in [3.05, 3.63) is 48.3 Å². The molecule has 7 nitrogen and oxygen atoms in total. The Morgan fingerprint density at radius 2 is 1.68 bits per heavy atom. The molecule has 0 aliphatic carbocycles. The topological polar surface area (TPSA) is 57.5 Å². The predicted octanol–water partition coefficient (Wildman–Crippen LogP) is 3.08. The van der Waals surface area contributed by atoms with Crippen LogP contribution in [0, 0.1) is 6.92 Å². The van der Waals surface area contributed by atoms with E-state index in [1.165, 1.54) is 24.6 Å². The van der Waals surface area contributed by atoms with Crippen LogP contribution in [0.2, 0.25) is 0 Å². The number of piperazine rings is 1. The molecule has 2 fully saturated rings. The zero-order chi connectivity index (χ0) is 21.2. The largest absolute Gasteiger partial charge is 0.356 e. The number of rotatable bonds is 4. The Kier molecular flexibility index (Phi) is 5.49. The summed E-state index contributed by atoms with van der Waals surface area (Å²) < 4.78 is 2.04. The summed E-state index contributed by atoms with van der Waals surface area (Å²) >= 11 is 0. The van der Waals surface area contributed by atoms with E-state index >= 15 is 0 Å². The molecule has 2 aromatic heterocycles. The van der Waals surface area contributed by atoms with E-state index in [1.54, 1.807) is 0 Å². The molecule has 0 N–H and O–H groups in total. The molecule has 4 heterocycles. The number of aromatic nitrogens is 3. The zero-order valence-electron chi connectivity index (χ0n) is 18.2. The minimum absolute atomic E-state index is 0.167. The number of carbonyl (C=O) groups excluding carboxylic acids is 1. The summed E-state index contributed by atoms with van der Waals surface area (Å²) in [6.45, 7) is 7.51. The van der Waals surface area contributed by atoms with Crippen LogP contribution in [-0.2, 0) is 11.3 Å². The molecule has 7 heteroatoms. The van der Waals surface area contributed by atoms with Crippen LogP contribution in [0.4, 0.5) is 11.8 Å². The highest BCUT2D eigenvalue weighted by Gasteiger charge is 2.24. The number of hydrogen-bond donors (Lipinski definition) is 0. The number of piperidine rings is 1. The number of hydrogen-bond acceptors (Lipinski definition) is 5. The van der Waals surface area contributed by atoms with Gasteiger partial charge in [-0.25, -0.2) is 4.98 Å². The van der Waals surface area contributed by atoms with Crippen LogP contribution in [-0.4, -0.2) is 64.6 Å². The number of benzene rings is 1. The second kappa shape index (κ2) is 8.57. The van der Waals surface area contributed by atoms with E-state index in [0.717, 1.165) is 49.2 Å². The van der Waals surface area contributed by atoms with Crippen molar-refractivity contribution in [1.29, 1.82) is 0 Å². The molecular weight excluding hydrogens is 388 g/mol. The quantitative estimate of drug-likeness (QED) is 0.652. The summed E-state index contributed by atoms with van der Waals surface area (Å²) in [6.07, 6.45) is 5.77. The van der Waals surface area contributed by atoms with E-state index in [0.29, 0.717) is 19.6 Å². The molecule has 162 valence electrons. The molecule has 5 rings (SSSR count). The van der Waals surface area contributed by atoms with Crippen molar-refractivity contribution in [3.63, 3.8) is 0 Å². The molecular formula is C24H30N6O. The van der Waals surface area contributed by atoms with Gasteiger partial charge in [0.05, 0.1) is 0 Å². The van der Waals surface area contributed by atoms with Crippen LogP contribution in [0.25, 0.3) is 10.9 Å². The van der Waals surface area contributed by atoms with Crippen LogP contribution in [0.5, 0.6) is 0 Å². The molecule has 2 saturated heterocycles. The summed E-state index contributed by atoms with van der Waals surface area (Å²) in [4.78, 5) is 29.1. The van der Waals surface area contributed by atoms with Crippen molar-refractivity contribution in [3.8, 4) is 0 Å². The van der Waals surface area contributed by atoms with Crippen LogP contribution < -0.4 is 9.80 Å². The number of nitrogens with zero attached hydrogens (tertiary/aromatic N) is 6. The van der Waals surface area contributed by atoms with E-state index in [9.17, 15) is 4.79 Å². The zero-order valence-corrected chi connectivity index (χ0v) is 18.2. The lowest BCUT2D eigenvalue weighted by atomic mass is 10.1. The van der Waals surface area contributed by atoms with Gasteiger partial charge in [-0.2, -0.15) is 4.98 Å². The Bertz CT molecular complexity index is 1060. The number of aryl methyl sites for hydroxylation is 1. The maximum Gasteiger partial charge on any atom is 0.242 e.